The van der Waals surface area contributed by atoms with Crippen LogP contribution in [0.2, 0.25) is 0 Å². The zero-order valence-electron chi connectivity index (χ0n) is 64.8. The van der Waals surface area contributed by atoms with E-state index in [0.717, 1.165) is 72.7 Å². The minimum Gasteiger partial charge on any atom is -0.309 e. The molecule has 2 heteroatoms. The van der Waals surface area contributed by atoms with Crippen LogP contribution in [0.1, 0.15) is 44.5 Å². The van der Waals surface area contributed by atoms with Crippen molar-refractivity contribution in [2.24, 2.45) is 0 Å². The number of hydrogen-bond donors (Lipinski definition) is 0. The lowest BCUT2D eigenvalue weighted by atomic mass is 9.68. The van der Waals surface area contributed by atoms with E-state index in [1.165, 1.54) is 137 Å². The average molecular weight is 1500 g/mol. The molecular weight excluding hydrogens is 1420 g/mol. The molecule has 0 amide bonds. The highest BCUT2D eigenvalue weighted by Gasteiger charge is 2.48. The highest BCUT2D eigenvalue weighted by molar-refractivity contribution is 6.26. The molecule has 2 aliphatic carbocycles. The molecule has 118 heavy (non-hydrogen) atoms. The molecule has 0 saturated carbocycles. The van der Waals surface area contributed by atoms with Gasteiger partial charge in [0.1, 0.15) is 0 Å². The third kappa shape index (κ3) is 10.5. The van der Waals surface area contributed by atoms with Crippen molar-refractivity contribution < 1.29 is 0 Å². The third-order valence-electron chi connectivity index (χ3n) is 25.6. The molecule has 0 N–H and O–H groups in total. The Hall–Kier alpha value is -15.2. The van der Waals surface area contributed by atoms with Gasteiger partial charge < -0.3 is 9.80 Å². The van der Waals surface area contributed by atoms with Crippen molar-refractivity contribution in [3.05, 3.63) is 506 Å². The SMILES string of the molecule is c1ccc(-c2ccc(N(c3ccc4c(c3)-c3ccccc3C4(c3ccccc3)c3ccccc3)c3c(-c4cccc5cc(-c6ccc(N(c7ccc8c(c7)-c7ccccc7C8(c7ccccc7)c7ccccc7)c7c(-c8cccc9ccccc89)c8ccccc8c8ccccc78)cc6)ccc45)c4ccccc4c4ccccc34)cc2)cc1. The predicted molar refractivity (Wildman–Crippen MR) is 497 cm³/mol. The van der Waals surface area contributed by atoms with Crippen LogP contribution in [-0.4, -0.2) is 0 Å². The van der Waals surface area contributed by atoms with Crippen LogP contribution >= 0.6 is 0 Å². The Morgan fingerprint density at radius 3 is 0.881 bits per heavy atom. The third-order valence-corrected chi connectivity index (χ3v) is 25.6. The highest BCUT2D eigenvalue weighted by Crippen LogP contribution is 2.62. The van der Waals surface area contributed by atoms with Gasteiger partial charge >= 0.3 is 0 Å². The van der Waals surface area contributed by atoms with E-state index in [9.17, 15) is 0 Å². The lowest BCUT2D eigenvalue weighted by Crippen LogP contribution is -2.28. The van der Waals surface area contributed by atoms with Crippen LogP contribution in [0.3, 0.4) is 0 Å². The average Bonchev–Trinajstić information content (AvgIpc) is 1.53. The normalized spacial score (nSPS) is 12.9. The quantitative estimate of drug-likeness (QED) is 0.100. The van der Waals surface area contributed by atoms with Crippen molar-refractivity contribution in [1.82, 2.24) is 0 Å². The van der Waals surface area contributed by atoms with Crippen molar-refractivity contribution in [2.45, 2.75) is 10.8 Å². The second-order valence-corrected chi connectivity index (χ2v) is 31.5. The van der Waals surface area contributed by atoms with Gasteiger partial charge in [-0.2, -0.15) is 0 Å². The number of benzene rings is 21. The summed E-state index contributed by atoms with van der Waals surface area (Å²) in [5.74, 6) is 0. The number of anilines is 6. The van der Waals surface area contributed by atoms with Crippen LogP contribution in [0.4, 0.5) is 34.1 Å². The van der Waals surface area contributed by atoms with E-state index in [2.05, 4.69) is 471 Å². The van der Waals surface area contributed by atoms with Crippen LogP contribution in [-0.2, 0) is 10.8 Å². The Bertz CT molecular complexity index is 7440. The maximum Gasteiger partial charge on any atom is 0.0713 e. The van der Waals surface area contributed by atoms with Crippen LogP contribution in [0.15, 0.2) is 461 Å². The summed E-state index contributed by atoms with van der Waals surface area (Å²) in [5, 5.41) is 14.2. The second kappa shape index (κ2) is 27.8. The minimum atomic E-state index is -0.566. The largest absolute Gasteiger partial charge is 0.309 e. The van der Waals surface area contributed by atoms with E-state index >= 15 is 0 Å². The summed E-state index contributed by atoms with van der Waals surface area (Å²) in [4.78, 5) is 5.15. The fraction of sp³-hybridized carbons (Fsp3) is 0.0172. The van der Waals surface area contributed by atoms with Crippen molar-refractivity contribution in [3.63, 3.8) is 0 Å². The van der Waals surface area contributed by atoms with E-state index in [4.69, 9.17) is 0 Å². The summed E-state index contributed by atoms with van der Waals surface area (Å²) in [5.41, 5.74) is 29.6. The Balaban J connectivity index is 0.717. The van der Waals surface area contributed by atoms with Crippen LogP contribution in [0.25, 0.3) is 131 Å². The summed E-state index contributed by atoms with van der Waals surface area (Å²) in [6.07, 6.45) is 0. The Morgan fingerprint density at radius 2 is 0.441 bits per heavy atom. The van der Waals surface area contributed by atoms with Crippen molar-refractivity contribution in [2.75, 3.05) is 9.80 Å². The highest BCUT2D eigenvalue weighted by atomic mass is 15.2. The number of hydrogen-bond acceptors (Lipinski definition) is 2. The van der Waals surface area contributed by atoms with Gasteiger partial charge in [-0.25, -0.2) is 0 Å². The van der Waals surface area contributed by atoms with E-state index in [0.29, 0.717) is 0 Å². The number of fused-ring (bicyclic) bond motifs is 14. The van der Waals surface area contributed by atoms with Gasteiger partial charge in [0.05, 0.1) is 22.2 Å². The van der Waals surface area contributed by atoms with Crippen molar-refractivity contribution in [3.8, 4) is 66.8 Å². The molecule has 0 fully saturated rings. The zero-order chi connectivity index (χ0) is 77.8. The molecule has 0 atom stereocenters. The Kier molecular flexibility index (Phi) is 16.1. The van der Waals surface area contributed by atoms with E-state index in [-0.39, 0.29) is 0 Å². The first kappa shape index (κ1) is 68.4. The lowest BCUT2D eigenvalue weighted by molar-refractivity contribution is 0.768. The van der Waals surface area contributed by atoms with Gasteiger partial charge in [0.15, 0.2) is 0 Å². The number of rotatable bonds is 14. The molecule has 550 valence electrons. The smallest absolute Gasteiger partial charge is 0.0713 e. The van der Waals surface area contributed by atoms with Gasteiger partial charge in [0.25, 0.3) is 0 Å². The monoisotopic (exact) mass is 1500 g/mol. The van der Waals surface area contributed by atoms with Crippen LogP contribution in [0, 0.1) is 0 Å². The molecule has 21 aromatic carbocycles. The van der Waals surface area contributed by atoms with Gasteiger partial charge in [-0.3, -0.25) is 0 Å². The number of nitrogens with zero attached hydrogens (tertiary/aromatic N) is 2. The lowest BCUT2D eigenvalue weighted by Gasteiger charge is -2.34. The minimum absolute atomic E-state index is 0.562. The molecule has 2 nitrogen and oxygen atoms in total. The van der Waals surface area contributed by atoms with Gasteiger partial charge in [-0.15, -0.1) is 0 Å². The summed E-state index contributed by atoms with van der Waals surface area (Å²) in [6.45, 7) is 0. The van der Waals surface area contributed by atoms with E-state index in [1.54, 1.807) is 0 Å². The predicted octanol–water partition coefficient (Wildman–Crippen LogP) is 30.9. The Morgan fingerprint density at radius 1 is 0.153 bits per heavy atom. The molecule has 0 spiro atoms. The maximum absolute atomic E-state index is 2.58. The first-order chi connectivity index (χ1) is 58.6. The molecule has 0 heterocycles. The summed E-state index contributed by atoms with van der Waals surface area (Å²) >= 11 is 0. The van der Waals surface area contributed by atoms with Crippen molar-refractivity contribution >= 4 is 98.8 Å². The summed E-state index contributed by atoms with van der Waals surface area (Å²) in [7, 11) is 0. The molecular formula is C116H76N2. The topological polar surface area (TPSA) is 6.48 Å². The standard InChI is InChI=1S/C116H76N2/c1-6-32-77(33-7-1)78-60-65-87(66-61-78)117(89-69-72-109-105(75-89)97-50-26-28-58-107(97)115(109,83-37-8-2-9-38-83)84-39-10-3-11-40-84)114-104-55-25-21-49-96(104)94-47-19-23-53-102(94)112(114)100-57-31-36-82-74-81(64-71-92(82)100)79-62-67-88(68-63-79)118(113-103-54-24-20-48-95(103)93-46-18-22-52-101(93)111(113)99-56-30-35-80-34-16-17-45-91(80)99)90-70-73-110-106(76-90)98-51-27-29-59-108(98)116(110,85-41-12-4-13-42-85)86-43-14-5-15-44-86/h1-76H. The van der Waals surface area contributed by atoms with E-state index in [1.807, 2.05) is 0 Å². The molecule has 0 saturated heterocycles. The molecule has 0 aromatic heterocycles. The first-order valence-electron chi connectivity index (χ1n) is 41.0. The summed E-state index contributed by atoms with van der Waals surface area (Å²) in [6, 6.07) is 173. The summed E-state index contributed by atoms with van der Waals surface area (Å²) < 4.78 is 0. The van der Waals surface area contributed by atoms with Crippen molar-refractivity contribution in [1.29, 1.82) is 0 Å². The molecule has 21 aromatic rings. The molecule has 0 aliphatic heterocycles. The fourth-order valence-electron chi connectivity index (χ4n) is 20.6. The zero-order valence-corrected chi connectivity index (χ0v) is 64.8. The first-order valence-corrected chi connectivity index (χ1v) is 41.0. The van der Waals surface area contributed by atoms with Crippen LogP contribution in [0.5, 0.6) is 0 Å². The molecule has 23 rings (SSSR count). The van der Waals surface area contributed by atoms with Gasteiger partial charge in [0.2, 0.25) is 0 Å². The fourth-order valence-corrected chi connectivity index (χ4v) is 20.6. The second-order valence-electron chi connectivity index (χ2n) is 31.5. The maximum atomic E-state index is 2.58. The van der Waals surface area contributed by atoms with Crippen LogP contribution < -0.4 is 9.80 Å². The Labute approximate surface area is 687 Å². The van der Waals surface area contributed by atoms with Gasteiger partial charge in [-0.1, -0.05) is 406 Å². The molecule has 0 radical (unpaired) electrons. The molecule has 0 unspecified atom stereocenters. The molecule has 0 bridgehead atoms. The molecule has 2 aliphatic rings. The van der Waals surface area contributed by atoms with Gasteiger partial charge in [-0.05, 0) is 209 Å². The van der Waals surface area contributed by atoms with Gasteiger partial charge in [0, 0.05) is 44.6 Å². The van der Waals surface area contributed by atoms with E-state index < -0.39 is 10.8 Å².